The van der Waals surface area contributed by atoms with Gasteiger partial charge in [-0.2, -0.15) is 0 Å². The second-order valence-corrected chi connectivity index (χ2v) is 6.82. The molecule has 1 aromatic heterocycles. The predicted molar refractivity (Wildman–Crippen MR) is 103 cm³/mol. The molecule has 1 aliphatic heterocycles. The van der Waals surface area contributed by atoms with Crippen LogP contribution in [0.4, 0.5) is 17.1 Å². The van der Waals surface area contributed by atoms with Gasteiger partial charge in [-0.3, -0.25) is 9.78 Å². The van der Waals surface area contributed by atoms with Crippen LogP contribution in [0.1, 0.15) is 16.1 Å². The number of halogens is 1. The van der Waals surface area contributed by atoms with Gasteiger partial charge in [0, 0.05) is 34.3 Å². The molecule has 0 unspecified atom stereocenters. The van der Waals surface area contributed by atoms with Crippen LogP contribution in [0.15, 0.2) is 71.3 Å². The van der Waals surface area contributed by atoms with Gasteiger partial charge in [0.1, 0.15) is 5.69 Å². The zero-order valence-electron chi connectivity index (χ0n) is 13.4. The number of amides is 1. The van der Waals surface area contributed by atoms with E-state index in [9.17, 15) is 4.79 Å². The molecule has 2 aromatic carbocycles. The van der Waals surface area contributed by atoms with Gasteiger partial charge in [0.15, 0.2) is 0 Å². The second-order valence-electron chi connectivity index (χ2n) is 5.90. The van der Waals surface area contributed by atoms with Crippen molar-refractivity contribution < 1.29 is 4.79 Å². The maximum Gasteiger partial charge on any atom is 0.276 e. The highest BCUT2D eigenvalue weighted by atomic mass is 79.9. The van der Waals surface area contributed by atoms with Gasteiger partial charge in [0.05, 0.1) is 0 Å². The van der Waals surface area contributed by atoms with Crippen molar-refractivity contribution in [2.45, 2.75) is 6.42 Å². The predicted octanol–water partition coefficient (Wildman–Crippen LogP) is 4.79. The fourth-order valence-corrected chi connectivity index (χ4v) is 3.44. The molecule has 124 valence electrons. The van der Waals surface area contributed by atoms with Crippen LogP contribution in [0.5, 0.6) is 0 Å². The highest BCUT2D eigenvalue weighted by molar-refractivity contribution is 9.10. The number of anilines is 3. The van der Waals surface area contributed by atoms with E-state index in [-0.39, 0.29) is 5.91 Å². The Morgan fingerprint density at radius 3 is 2.76 bits per heavy atom. The molecule has 0 aliphatic carbocycles. The van der Waals surface area contributed by atoms with Gasteiger partial charge in [-0.25, -0.2) is 0 Å². The molecule has 3 aromatic rings. The van der Waals surface area contributed by atoms with Crippen molar-refractivity contribution in [2.24, 2.45) is 0 Å². The molecular weight excluding hydrogens is 378 g/mol. The van der Waals surface area contributed by atoms with Gasteiger partial charge < -0.3 is 10.2 Å². The molecule has 25 heavy (non-hydrogen) atoms. The molecule has 0 atom stereocenters. The van der Waals surface area contributed by atoms with Crippen LogP contribution in [0, 0.1) is 0 Å². The number of para-hydroxylation sites is 1. The van der Waals surface area contributed by atoms with Crippen molar-refractivity contribution in [3.8, 4) is 0 Å². The molecule has 5 heteroatoms. The van der Waals surface area contributed by atoms with E-state index in [4.69, 9.17) is 0 Å². The third kappa shape index (κ3) is 3.28. The molecule has 4 rings (SSSR count). The topological polar surface area (TPSA) is 45.2 Å². The molecule has 1 N–H and O–H groups in total. The van der Waals surface area contributed by atoms with Crippen LogP contribution in [-0.2, 0) is 6.42 Å². The summed E-state index contributed by atoms with van der Waals surface area (Å²) in [5.74, 6) is -0.0668. The number of hydrogen-bond acceptors (Lipinski definition) is 3. The van der Waals surface area contributed by atoms with Gasteiger partial charge in [-0.15, -0.1) is 0 Å². The summed E-state index contributed by atoms with van der Waals surface area (Å²) in [6.45, 7) is 0.698. The van der Waals surface area contributed by atoms with Crippen LogP contribution >= 0.6 is 15.9 Å². The fourth-order valence-electron chi connectivity index (χ4n) is 3.05. The maximum absolute atomic E-state index is 12.9. The summed E-state index contributed by atoms with van der Waals surface area (Å²) in [6.07, 6.45) is 2.55. The van der Waals surface area contributed by atoms with E-state index in [1.807, 2.05) is 48.5 Å². The van der Waals surface area contributed by atoms with Crippen molar-refractivity contribution in [3.63, 3.8) is 0 Å². The second kappa shape index (κ2) is 6.69. The van der Waals surface area contributed by atoms with Crippen molar-refractivity contribution >= 4 is 38.9 Å². The normalized spacial score (nSPS) is 12.8. The van der Waals surface area contributed by atoms with Crippen LogP contribution < -0.4 is 10.2 Å². The first-order chi connectivity index (χ1) is 12.2. The average molecular weight is 394 g/mol. The van der Waals surface area contributed by atoms with Crippen LogP contribution in [0.25, 0.3) is 0 Å². The van der Waals surface area contributed by atoms with Crippen LogP contribution in [-0.4, -0.2) is 17.4 Å². The molecule has 0 bridgehead atoms. The summed E-state index contributed by atoms with van der Waals surface area (Å²) >= 11 is 3.46. The molecule has 0 saturated heterocycles. The molecule has 0 spiro atoms. The summed E-state index contributed by atoms with van der Waals surface area (Å²) in [4.78, 5) is 19.0. The molecule has 0 radical (unpaired) electrons. The Kier molecular flexibility index (Phi) is 4.24. The first kappa shape index (κ1) is 15.8. The summed E-state index contributed by atoms with van der Waals surface area (Å²) in [5.41, 5.74) is 4.42. The number of benzene rings is 2. The maximum atomic E-state index is 12.9. The summed E-state index contributed by atoms with van der Waals surface area (Å²) in [5, 5.41) is 3.31. The summed E-state index contributed by atoms with van der Waals surface area (Å²) in [6, 6.07) is 19.6. The molecule has 1 aliphatic rings. The van der Waals surface area contributed by atoms with E-state index >= 15 is 0 Å². The number of carbonyl (C=O) groups excluding carboxylic acids is 1. The molecule has 1 amide bonds. The van der Waals surface area contributed by atoms with Gasteiger partial charge in [-0.1, -0.05) is 40.2 Å². The Morgan fingerprint density at radius 2 is 1.88 bits per heavy atom. The largest absolute Gasteiger partial charge is 0.355 e. The lowest BCUT2D eigenvalue weighted by atomic mass is 10.2. The average Bonchev–Trinajstić information content (AvgIpc) is 3.05. The van der Waals surface area contributed by atoms with E-state index in [0.29, 0.717) is 12.2 Å². The van der Waals surface area contributed by atoms with Gasteiger partial charge in [-0.05, 0) is 48.4 Å². The van der Waals surface area contributed by atoms with Crippen molar-refractivity contribution in [3.05, 3.63) is 82.6 Å². The highest BCUT2D eigenvalue weighted by Gasteiger charge is 2.25. The van der Waals surface area contributed by atoms with E-state index in [1.54, 1.807) is 17.2 Å². The zero-order valence-corrected chi connectivity index (χ0v) is 15.0. The Morgan fingerprint density at radius 1 is 1.04 bits per heavy atom. The lowest BCUT2D eigenvalue weighted by molar-refractivity contribution is 0.0984. The Balaban J connectivity index is 1.58. The number of hydrogen-bond donors (Lipinski definition) is 1. The van der Waals surface area contributed by atoms with Gasteiger partial charge in [0.2, 0.25) is 0 Å². The fraction of sp³-hybridized carbons (Fsp3) is 0.100. The molecule has 4 nitrogen and oxygen atoms in total. The lowest BCUT2D eigenvalue weighted by Crippen LogP contribution is -2.29. The molecule has 0 saturated carbocycles. The van der Waals surface area contributed by atoms with Crippen LogP contribution in [0.2, 0.25) is 0 Å². The lowest BCUT2D eigenvalue weighted by Gasteiger charge is -2.17. The van der Waals surface area contributed by atoms with Crippen LogP contribution in [0.3, 0.4) is 0 Å². The number of aromatic nitrogens is 1. The number of pyridine rings is 1. The standard InChI is InChI=1S/C20H16BrN3O/c21-15-5-3-6-16(12-15)23-17-8-10-22-18(13-17)20(25)24-11-9-14-4-1-2-7-19(14)24/h1-8,10,12-13H,9,11H2,(H,22,23). The SMILES string of the molecule is O=C(c1cc(Nc2cccc(Br)c2)ccn1)N1CCc2ccccc21. The first-order valence-corrected chi connectivity index (χ1v) is 8.88. The number of nitrogens with zero attached hydrogens (tertiary/aromatic N) is 2. The minimum absolute atomic E-state index is 0.0668. The molecule has 2 heterocycles. The van der Waals surface area contributed by atoms with E-state index in [1.165, 1.54) is 5.56 Å². The number of rotatable bonds is 3. The smallest absolute Gasteiger partial charge is 0.276 e. The summed E-state index contributed by atoms with van der Waals surface area (Å²) in [7, 11) is 0. The van der Waals surface area contributed by atoms with Crippen molar-refractivity contribution in [1.29, 1.82) is 0 Å². The van der Waals surface area contributed by atoms with Gasteiger partial charge >= 0.3 is 0 Å². The zero-order chi connectivity index (χ0) is 17.2. The van der Waals surface area contributed by atoms with E-state index in [0.717, 1.165) is 28.0 Å². The third-order valence-corrected chi connectivity index (χ3v) is 4.72. The molecule has 0 fully saturated rings. The van der Waals surface area contributed by atoms with Gasteiger partial charge in [0.25, 0.3) is 5.91 Å². The summed E-state index contributed by atoms with van der Waals surface area (Å²) < 4.78 is 0.997. The first-order valence-electron chi connectivity index (χ1n) is 8.09. The third-order valence-electron chi connectivity index (χ3n) is 4.22. The number of fused-ring (bicyclic) bond motifs is 1. The Hall–Kier alpha value is -2.66. The van der Waals surface area contributed by atoms with Crippen molar-refractivity contribution in [1.82, 2.24) is 4.98 Å². The highest BCUT2D eigenvalue weighted by Crippen LogP contribution is 2.29. The molecular formula is C20H16BrN3O. The number of nitrogens with one attached hydrogen (secondary N) is 1. The Bertz CT molecular complexity index is 941. The van der Waals surface area contributed by atoms with E-state index < -0.39 is 0 Å². The minimum Gasteiger partial charge on any atom is -0.355 e. The minimum atomic E-state index is -0.0668. The van der Waals surface area contributed by atoms with Crippen molar-refractivity contribution in [2.75, 3.05) is 16.8 Å². The Labute approximate surface area is 154 Å². The monoisotopic (exact) mass is 393 g/mol. The van der Waals surface area contributed by atoms with E-state index in [2.05, 4.69) is 32.3 Å². The quantitative estimate of drug-likeness (QED) is 0.695. The number of carbonyl (C=O) groups is 1.